The molecule has 25 heavy (non-hydrogen) atoms. The predicted octanol–water partition coefficient (Wildman–Crippen LogP) is 4.75. The summed E-state index contributed by atoms with van der Waals surface area (Å²) < 4.78 is 14.2. The van der Waals surface area contributed by atoms with Crippen LogP contribution in [0.4, 0.5) is 4.39 Å². The molecule has 0 aliphatic carbocycles. The van der Waals surface area contributed by atoms with Crippen LogP contribution in [0.2, 0.25) is 5.02 Å². The maximum absolute atomic E-state index is 14.2. The summed E-state index contributed by atoms with van der Waals surface area (Å²) >= 11 is 7.48. The topological polar surface area (TPSA) is 52.9 Å². The average Bonchev–Trinajstić information content (AvgIpc) is 2.61. The second-order valence-corrected chi connectivity index (χ2v) is 6.95. The quantitative estimate of drug-likeness (QED) is 0.842. The van der Waals surface area contributed by atoms with Gasteiger partial charge in [-0.1, -0.05) is 48.0 Å². The molecule has 1 aliphatic rings. The van der Waals surface area contributed by atoms with Gasteiger partial charge in [0.15, 0.2) is 0 Å². The average molecular weight is 373 g/mol. The van der Waals surface area contributed by atoms with E-state index in [-0.39, 0.29) is 12.3 Å². The van der Waals surface area contributed by atoms with E-state index >= 15 is 0 Å². The third-order valence-corrected chi connectivity index (χ3v) is 5.40. The Balaban J connectivity index is 1.92. The minimum atomic E-state index is -0.575. The molecule has 1 aliphatic heterocycles. The molecular weight excluding hydrogens is 359 g/mol. The standard InChI is InChI=1S/C19H14ClFN2OS/c20-16-7-3-1-5-12(16)11-25-19-15(10-22)14(9-18(24)23-19)13-6-2-4-8-17(13)21/h1-8,14H,9,11H2,(H,23,24). The minimum Gasteiger partial charge on any atom is -0.320 e. The Bertz CT molecular complexity index is 891. The lowest BCUT2D eigenvalue weighted by Crippen LogP contribution is -2.31. The molecule has 0 bridgehead atoms. The molecule has 0 radical (unpaired) electrons. The van der Waals surface area contributed by atoms with Crippen molar-refractivity contribution < 1.29 is 9.18 Å². The number of nitriles is 1. The van der Waals surface area contributed by atoms with E-state index < -0.39 is 11.7 Å². The first kappa shape index (κ1) is 17.5. The van der Waals surface area contributed by atoms with Gasteiger partial charge in [0, 0.05) is 23.1 Å². The van der Waals surface area contributed by atoms with Crippen molar-refractivity contribution in [3.8, 4) is 6.07 Å². The van der Waals surface area contributed by atoms with E-state index in [4.69, 9.17) is 11.6 Å². The number of rotatable bonds is 4. The third kappa shape index (κ3) is 3.87. The minimum absolute atomic E-state index is 0.0555. The van der Waals surface area contributed by atoms with E-state index in [0.717, 1.165) is 5.56 Å². The van der Waals surface area contributed by atoms with Gasteiger partial charge in [-0.2, -0.15) is 5.26 Å². The van der Waals surface area contributed by atoms with Crippen LogP contribution in [0.5, 0.6) is 0 Å². The van der Waals surface area contributed by atoms with Crippen molar-refractivity contribution in [3.05, 3.63) is 81.1 Å². The van der Waals surface area contributed by atoms with Crippen LogP contribution in [0, 0.1) is 17.1 Å². The van der Waals surface area contributed by atoms with E-state index in [0.29, 0.717) is 26.9 Å². The lowest BCUT2D eigenvalue weighted by molar-refractivity contribution is -0.120. The van der Waals surface area contributed by atoms with E-state index in [2.05, 4.69) is 11.4 Å². The number of carbonyl (C=O) groups is 1. The molecule has 3 rings (SSSR count). The number of hydrogen-bond donors (Lipinski definition) is 1. The lowest BCUT2D eigenvalue weighted by Gasteiger charge is -2.25. The Labute approximate surface area is 154 Å². The molecule has 1 N–H and O–H groups in total. The zero-order valence-corrected chi connectivity index (χ0v) is 14.7. The van der Waals surface area contributed by atoms with E-state index in [1.807, 2.05) is 18.2 Å². The molecule has 1 amide bonds. The van der Waals surface area contributed by atoms with Gasteiger partial charge in [0.25, 0.3) is 0 Å². The molecule has 0 fully saturated rings. The zero-order chi connectivity index (χ0) is 17.8. The van der Waals surface area contributed by atoms with Crippen molar-refractivity contribution in [2.45, 2.75) is 18.1 Å². The van der Waals surface area contributed by atoms with Gasteiger partial charge in [-0.3, -0.25) is 4.79 Å². The number of hydrogen-bond acceptors (Lipinski definition) is 3. The van der Waals surface area contributed by atoms with Crippen molar-refractivity contribution in [2.75, 3.05) is 0 Å². The van der Waals surface area contributed by atoms with Crippen molar-refractivity contribution in [1.29, 1.82) is 5.26 Å². The van der Waals surface area contributed by atoms with Gasteiger partial charge in [0.05, 0.1) is 16.7 Å². The molecule has 3 nitrogen and oxygen atoms in total. The molecule has 0 aromatic heterocycles. The summed E-state index contributed by atoms with van der Waals surface area (Å²) in [5, 5.41) is 13.4. The van der Waals surface area contributed by atoms with Gasteiger partial charge >= 0.3 is 0 Å². The number of thioether (sulfide) groups is 1. The Hall–Kier alpha value is -2.29. The maximum Gasteiger partial charge on any atom is 0.225 e. The molecule has 6 heteroatoms. The molecule has 2 aromatic carbocycles. The second-order valence-electron chi connectivity index (χ2n) is 5.56. The number of amides is 1. The van der Waals surface area contributed by atoms with Gasteiger partial charge < -0.3 is 5.32 Å². The fourth-order valence-electron chi connectivity index (χ4n) is 2.72. The predicted molar refractivity (Wildman–Crippen MR) is 97.3 cm³/mol. The summed E-state index contributed by atoms with van der Waals surface area (Å²) in [6.45, 7) is 0. The van der Waals surface area contributed by atoms with E-state index in [9.17, 15) is 14.4 Å². The molecule has 0 saturated carbocycles. The monoisotopic (exact) mass is 372 g/mol. The number of carbonyl (C=O) groups excluding carboxylic acids is 1. The fraction of sp³-hybridized carbons (Fsp3) is 0.158. The Kier molecular flexibility index (Phi) is 5.42. The Morgan fingerprint density at radius 1 is 1.24 bits per heavy atom. The smallest absolute Gasteiger partial charge is 0.225 e. The van der Waals surface area contributed by atoms with Gasteiger partial charge in [-0.05, 0) is 23.3 Å². The molecule has 0 saturated heterocycles. The molecule has 1 atom stereocenters. The highest BCUT2D eigenvalue weighted by atomic mass is 35.5. The molecule has 0 spiro atoms. The van der Waals surface area contributed by atoms with Crippen molar-refractivity contribution in [3.63, 3.8) is 0 Å². The largest absolute Gasteiger partial charge is 0.320 e. The maximum atomic E-state index is 14.2. The highest BCUT2D eigenvalue weighted by Gasteiger charge is 2.31. The van der Waals surface area contributed by atoms with E-state index in [1.54, 1.807) is 24.3 Å². The highest BCUT2D eigenvalue weighted by Crippen LogP contribution is 2.38. The number of allylic oxidation sites excluding steroid dienone is 1. The summed E-state index contributed by atoms with van der Waals surface area (Å²) in [6.07, 6.45) is 0.0555. The van der Waals surface area contributed by atoms with Crippen LogP contribution in [0.1, 0.15) is 23.5 Å². The molecule has 1 heterocycles. The van der Waals surface area contributed by atoms with Gasteiger partial charge in [-0.15, -0.1) is 11.8 Å². The summed E-state index contributed by atoms with van der Waals surface area (Å²) in [5.41, 5.74) is 1.65. The second kappa shape index (κ2) is 7.73. The van der Waals surface area contributed by atoms with Crippen molar-refractivity contribution in [1.82, 2.24) is 5.32 Å². The summed E-state index contributed by atoms with van der Waals surface area (Å²) in [4.78, 5) is 12.1. The van der Waals surface area contributed by atoms with Crippen LogP contribution in [-0.2, 0) is 10.5 Å². The summed E-state index contributed by atoms with van der Waals surface area (Å²) in [7, 11) is 0. The van der Waals surface area contributed by atoms with Crippen LogP contribution in [0.15, 0.2) is 59.1 Å². The molecule has 2 aromatic rings. The Morgan fingerprint density at radius 2 is 1.96 bits per heavy atom. The number of benzene rings is 2. The molecular formula is C19H14ClFN2OS. The first-order chi connectivity index (χ1) is 12.1. The fourth-order valence-corrected chi connectivity index (χ4v) is 4.08. The lowest BCUT2D eigenvalue weighted by atomic mass is 9.87. The molecule has 1 unspecified atom stereocenters. The molecule has 126 valence electrons. The summed E-state index contributed by atoms with van der Waals surface area (Å²) in [6, 6.07) is 15.8. The van der Waals surface area contributed by atoms with Crippen LogP contribution >= 0.6 is 23.4 Å². The van der Waals surface area contributed by atoms with Crippen LogP contribution in [0.25, 0.3) is 0 Å². The van der Waals surface area contributed by atoms with Crippen LogP contribution < -0.4 is 5.32 Å². The summed E-state index contributed by atoms with van der Waals surface area (Å²) in [5.74, 6) is -0.710. The normalized spacial score (nSPS) is 17.2. The van der Waals surface area contributed by atoms with Gasteiger partial charge in [0.1, 0.15) is 5.82 Å². The van der Waals surface area contributed by atoms with Crippen molar-refractivity contribution in [2.24, 2.45) is 0 Å². The number of nitrogens with zero attached hydrogens (tertiary/aromatic N) is 1. The highest BCUT2D eigenvalue weighted by molar-refractivity contribution is 8.02. The third-order valence-electron chi connectivity index (χ3n) is 3.97. The van der Waals surface area contributed by atoms with Gasteiger partial charge in [-0.25, -0.2) is 4.39 Å². The first-order valence-corrected chi connectivity index (χ1v) is 9.01. The van der Waals surface area contributed by atoms with Crippen LogP contribution in [0.3, 0.4) is 0 Å². The number of halogens is 2. The Morgan fingerprint density at radius 3 is 2.68 bits per heavy atom. The van der Waals surface area contributed by atoms with Crippen LogP contribution in [-0.4, -0.2) is 5.91 Å². The zero-order valence-electron chi connectivity index (χ0n) is 13.1. The van der Waals surface area contributed by atoms with Crippen molar-refractivity contribution >= 4 is 29.3 Å². The van der Waals surface area contributed by atoms with E-state index in [1.165, 1.54) is 17.8 Å². The number of nitrogens with one attached hydrogen (secondary N) is 1. The van der Waals surface area contributed by atoms with Gasteiger partial charge in [0.2, 0.25) is 5.91 Å². The first-order valence-electron chi connectivity index (χ1n) is 7.65. The SMILES string of the molecule is N#CC1=C(SCc2ccccc2Cl)NC(=O)CC1c1ccccc1F.